The van der Waals surface area contributed by atoms with Crippen LogP contribution in [0, 0.1) is 0 Å². The summed E-state index contributed by atoms with van der Waals surface area (Å²) in [4.78, 5) is 17.7. The first-order chi connectivity index (χ1) is 7.66. The smallest absolute Gasteiger partial charge is 0.163 e. The lowest BCUT2D eigenvalue weighted by Gasteiger charge is -2.19. The Hall–Kier alpha value is -1.64. The number of nitrogens with zero attached hydrogens (tertiary/aromatic N) is 2. The second-order valence-corrected chi connectivity index (χ2v) is 3.78. The third-order valence-corrected chi connectivity index (χ3v) is 2.43. The lowest BCUT2D eigenvalue weighted by molar-refractivity contribution is 0.101. The molecule has 0 saturated carbocycles. The maximum atomic E-state index is 11.4. The van der Waals surface area contributed by atoms with Gasteiger partial charge in [0.1, 0.15) is 5.82 Å². The van der Waals surface area contributed by atoms with E-state index in [0.29, 0.717) is 5.56 Å². The Kier molecular flexibility index (Phi) is 4.70. The molecule has 0 aliphatic heterocycles. The van der Waals surface area contributed by atoms with Crippen LogP contribution in [0.25, 0.3) is 0 Å². The fourth-order valence-electron chi connectivity index (χ4n) is 1.55. The minimum atomic E-state index is 0.0543. The van der Waals surface area contributed by atoms with Crippen molar-refractivity contribution in [3.63, 3.8) is 0 Å². The Morgan fingerprint density at radius 3 is 3.00 bits per heavy atom. The van der Waals surface area contributed by atoms with Gasteiger partial charge in [-0.25, -0.2) is 4.98 Å². The van der Waals surface area contributed by atoms with Crippen LogP contribution in [-0.4, -0.2) is 24.4 Å². The van der Waals surface area contributed by atoms with Crippen LogP contribution in [0.4, 0.5) is 5.82 Å². The number of allylic oxidation sites excluding steroid dienone is 1. The van der Waals surface area contributed by atoms with Crippen LogP contribution in [-0.2, 0) is 0 Å². The monoisotopic (exact) mass is 218 g/mol. The standard InChI is InChI=1S/C13H18N2O/c1-4-5-6-10-15(3)13-12(11(2)16)8-7-9-14-13/h4,7-9H,1,5-6,10H2,2-3H3. The van der Waals surface area contributed by atoms with Gasteiger partial charge in [-0.15, -0.1) is 6.58 Å². The maximum absolute atomic E-state index is 11.4. The molecule has 0 radical (unpaired) electrons. The average molecular weight is 218 g/mol. The molecule has 1 rings (SSSR count). The van der Waals surface area contributed by atoms with Crippen molar-refractivity contribution < 1.29 is 4.79 Å². The number of aromatic nitrogens is 1. The summed E-state index contributed by atoms with van der Waals surface area (Å²) in [6, 6.07) is 3.60. The van der Waals surface area contributed by atoms with Crippen molar-refractivity contribution in [2.45, 2.75) is 19.8 Å². The van der Waals surface area contributed by atoms with E-state index < -0.39 is 0 Å². The fourth-order valence-corrected chi connectivity index (χ4v) is 1.55. The Morgan fingerprint density at radius 1 is 1.62 bits per heavy atom. The minimum absolute atomic E-state index is 0.0543. The normalized spacial score (nSPS) is 9.88. The highest BCUT2D eigenvalue weighted by molar-refractivity contribution is 5.98. The topological polar surface area (TPSA) is 33.2 Å². The van der Waals surface area contributed by atoms with Gasteiger partial charge in [0, 0.05) is 19.8 Å². The number of carbonyl (C=O) groups excluding carboxylic acids is 1. The second kappa shape index (κ2) is 6.05. The molecule has 16 heavy (non-hydrogen) atoms. The molecule has 0 saturated heterocycles. The zero-order valence-corrected chi connectivity index (χ0v) is 9.94. The quantitative estimate of drug-likeness (QED) is 0.418. The van der Waals surface area contributed by atoms with Crippen molar-refractivity contribution in [1.29, 1.82) is 0 Å². The van der Waals surface area contributed by atoms with E-state index in [1.54, 1.807) is 19.2 Å². The molecule has 1 heterocycles. The molecule has 0 atom stereocenters. The molecule has 1 aromatic heterocycles. The Balaban J connectivity index is 2.77. The van der Waals surface area contributed by atoms with Crippen molar-refractivity contribution in [1.82, 2.24) is 4.98 Å². The largest absolute Gasteiger partial charge is 0.359 e. The van der Waals surface area contributed by atoms with Gasteiger partial charge in [0.15, 0.2) is 5.78 Å². The van der Waals surface area contributed by atoms with Gasteiger partial charge in [-0.1, -0.05) is 6.08 Å². The highest BCUT2D eigenvalue weighted by atomic mass is 16.1. The van der Waals surface area contributed by atoms with E-state index in [0.717, 1.165) is 25.2 Å². The molecule has 0 unspecified atom stereocenters. The van der Waals surface area contributed by atoms with E-state index >= 15 is 0 Å². The fraction of sp³-hybridized carbons (Fsp3) is 0.385. The van der Waals surface area contributed by atoms with Gasteiger partial charge >= 0.3 is 0 Å². The van der Waals surface area contributed by atoms with Gasteiger partial charge in [-0.2, -0.15) is 0 Å². The number of unbranched alkanes of at least 4 members (excludes halogenated alkanes) is 1. The predicted octanol–water partition coefficient (Wildman–Crippen LogP) is 2.69. The Bertz CT molecular complexity index is 374. The third-order valence-electron chi connectivity index (χ3n) is 2.43. The number of hydrogen-bond donors (Lipinski definition) is 0. The first-order valence-electron chi connectivity index (χ1n) is 5.44. The molecule has 3 nitrogen and oxygen atoms in total. The van der Waals surface area contributed by atoms with Crippen molar-refractivity contribution in [2.75, 3.05) is 18.5 Å². The van der Waals surface area contributed by atoms with E-state index in [-0.39, 0.29) is 5.78 Å². The van der Waals surface area contributed by atoms with Crippen LogP contribution >= 0.6 is 0 Å². The average Bonchev–Trinajstić information content (AvgIpc) is 2.29. The number of hydrogen-bond acceptors (Lipinski definition) is 3. The first-order valence-corrected chi connectivity index (χ1v) is 5.44. The highest BCUT2D eigenvalue weighted by Gasteiger charge is 2.11. The zero-order valence-electron chi connectivity index (χ0n) is 9.94. The van der Waals surface area contributed by atoms with Gasteiger partial charge in [-0.3, -0.25) is 4.79 Å². The molecule has 1 aromatic rings. The summed E-state index contributed by atoms with van der Waals surface area (Å²) in [6.07, 6.45) is 5.62. The van der Waals surface area contributed by atoms with Crippen LogP contribution < -0.4 is 4.90 Å². The van der Waals surface area contributed by atoms with Crippen LogP contribution in [0.3, 0.4) is 0 Å². The first kappa shape index (κ1) is 12.4. The number of carbonyl (C=O) groups is 1. The van der Waals surface area contributed by atoms with E-state index in [4.69, 9.17) is 0 Å². The summed E-state index contributed by atoms with van der Waals surface area (Å²) >= 11 is 0. The number of rotatable bonds is 6. The van der Waals surface area contributed by atoms with Gasteiger partial charge in [0.25, 0.3) is 0 Å². The van der Waals surface area contributed by atoms with E-state index in [9.17, 15) is 4.79 Å². The number of anilines is 1. The molecule has 0 aliphatic carbocycles. The molecular formula is C13H18N2O. The van der Waals surface area contributed by atoms with Crippen LogP contribution in [0.2, 0.25) is 0 Å². The second-order valence-electron chi connectivity index (χ2n) is 3.78. The van der Waals surface area contributed by atoms with Crippen LogP contribution in [0.15, 0.2) is 31.0 Å². The van der Waals surface area contributed by atoms with Crippen molar-refractivity contribution in [3.8, 4) is 0 Å². The summed E-state index contributed by atoms with van der Waals surface area (Å²) in [5, 5.41) is 0. The lowest BCUT2D eigenvalue weighted by Crippen LogP contribution is -2.21. The van der Waals surface area contributed by atoms with E-state index in [1.807, 2.05) is 24.1 Å². The predicted molar refractivity (Wildman–Crippen MR) is 66.9 cm³/mol. The molecule has 0 fully saturated rings. The molecular weight excluding hydrogens is 200 g/mol. The Labute approximate surface area is 96.8 Å². The summed E-state index contributed by atoms with van der Waals surface area (Å²) < 4.78 is 0. The van der Waals surface area contributed by atoms with Crippen molar-refractivity contribution in [2.24, 2.45) is 0 Å². The highest BCUT2D eigenvalue weighted by Crippen LogP contribution is 2.16. The van der Waals surface area contributed by atoms with E-state index in [2.05, 4.69) is 11.6 Å². The number of Topliss-reactive ketones (excluding diaryl/α,β-unsaturated/α-hetero) is 1. The molecule has 0 amide bonds. The molecule has 0 aromatic carbocycles. The molecule has 3 heteroatoms. The third kappa shape index (κ3) is 3.19. The van der Waals surface area contributed by atoms with Gasteiger partial charge < -0.3 is 4.90 Å². The van der Waals surface area contributed by atoms with Gasteiger partial charge in [-0.05, 0) is 31.9 Å². The van der Waals surface area contributed by atoms with E-state index in [1.165, 1.54) is 0 Å². The van der Waals surface area contributed by atoms with Crippen molar-refractivity contribution >= 4 is 11.6 Å². The lowest BCUT2D eigenvalue weighted by atomic mass is 10.1. The summed E-state index contributed by atoms with van der Waals surface area (Å²) in [5.41, 5.74) is 0.684. The molecule has 0 N–H and O–H groups in total. The summed E-state index contributed by atoms with van der Waals surface area (Å²) in [5.74, 6) is 0.817. The summed E-state index contributed by atoms with van der Waals surface area (Å²) in [6.45, 7) is 6.13. The molecule has 86 valence electrons. The van der Waals surface area contributed by atoms with Crippen molar-refractivity contribution in [3.05, 3.63) is 36.5 Å². The zero-order chi connectivity index (χ0) is 12.0. The maximum Gasteiger partial charge on any atom is 0.163 e. The van der Waals surface area contributed by atoms with Crippen LogP contribution in [0.5, 0.6) is 0 Å². The minimum Gasteiger partial charge on any atom is -0.359 e. The number of pyridine rings is 1. The molecule has 0 aliphatic rings. The summed E-state index contributed by atoms with van der Waals surface area (Å²) in [7, 11) is 1.96. The molecule has 0 spiro atoms. The van der Waals surface area contributed by atoms with Gasteiger partial charge in [0.2, 0.25) is 0 Å². The van der Waals surface area contributed by atoms with Gasteiger partial charge in [0.05, 0.1) is 5.56 Å². The number of ketones is 1. The van der Waals surface area contributed by atoms with Crippen LogP contribution in [0.1, 0.15) is 30.1 Å². The Morgan fingerprint density at radius 2 is 2.38 bits per heavy atom. The SMILES string of the molecule is C=CCCCN(C)c1ncccc1C(C)=O. The molecule has 0 bridgehead atoms.